The first kappa shape index (κ1) is 17.4. The maximum atomic E-state index is 10.9. The van der Waals surface area contributed by atoms with Crippen LogP contribution in [0.25, 0.3) is 0 Å². The standard InChI is InChI=1S/C19H24N4O2/c1-19(2)13-23(12-14-6-4-3-5-7-14)9-8-16(19)22-17-11-20-15(10-21-17)18(24)25/h3-7,10-11,16H,8-9,12-13H2,1-2H3,(H,21,22)(H,24,25). The number of anilines is 1. The van der Waals surface area contributed by atoms with Gasteiger partial charge in [0.2, 0.25) is 0 Å². The van der Waals surface area contributed by atoms with Crippen molar-refractivity contribution in [1.29, 1.82) is 0 Å². The summed E-state index contributed by atoms with van der Waals surface area (Å²) in [6.45, 7) is 7.46. The summed E-state index contributed by atoms with van der Waals surface area (Å²) < 4.78 is 0. The Morgan fingerprint density at radius 1 is 1.28 bits per heavy atom. The van der Waals surface area contributed by atoms with E-state index in [4.69, 9.17) is 5.11 Å². The van der Waals surface area contributed by atoms with Gasteiger partial charge in [-0.1, -0.05) is 44.2 Å². The Bertz CT molecular complexity index is 716. The minimum atomic E-state index is -1.06. The van der Waals surface area contributed by atoms with Gasteiger partial charge in [0.15, 0.2) is 5.69 Å². The van der Waals surface area contributed by atoms with Gasteiger partial charge < -0.3 is 10.4 Å². The highest BCUT2D eigenvalue weighted by Crippen LogP contribution is 2.32. The third-order valence-electron chi connectivity index (χ3n) is 4.75. The van der Waals surface area contributed by atoms with Crippen molar-refractivity contribution < 1.29 is 9.90 Å². The van der Waals surface area contributed by atoms with E-state index in [2.05, 4.69) is 58.3 Å². The van der Waals surface area contributed by atoms with Crippen LogP contribution in [0.1, 0.15) is 36.3 Å². The number of piperidine rings is 1. The summed E-state index contributed by atoms with van der Waals surface area (Å²) in [5, 5.41) is 12.3. The molecule has 25 heavy (non-hydrogen) atoms. The number of aromatic nitrogens is 2. The Hall–Kier alpha value is -2.47. The second kappa shape index (κ2) is 7.19. The molecule has 1 saturated heterocycles. The van der Waals surface area contributed by atoms with Gasteiger partial charge in [-0.25, -0.2) is 14.8 Å². The zero-order chi connectivity index (χ0) is 17.9. The summed E-state index contributed by atoms with van der Waals surface area (Å²) in [7, 11) is 0. The number of carbonyl (C=O) groups is 1. The summed E-state index contributed by atoms with van der Waals surface area (Å²) in [5.41, 5.74) is 1.36. The summed E-state index contributed by atoms with van der Waals surface area (Å²) in [6, 6.07) is 10.8. The van der Waals surface area contributed by atoms with Crippen LogP contribution < -0.4 is 5.32 Å². The average Bonchev–Trinajstić information content (AvgIpc) is 2.58. The SMILES string of the molecule is CC1(C)CN(Cc2ccccc2)CCC1Nc1cnc(C(=O)O)cn1. The van der Waals surface area contributed by atoms with Crippen LogP contribution in [-0.4, -0.2) is 45.1 Å². The van der Waals surface area contributed by atoms with E-state index in [1.165, 1.54) is 18.0 Å². The average molecular weight is 340 g/mol. The van der Waals surface area contributed by atoms with E-state index in [1.807, 2.05) is 6.07 Å². The molecule has 0 amide bonds. The highest BCUT2D eigenvalue weighted by Gasteiger charge is 2.36. The number of likely N-dealkylation sites (tertiary alicyclic amines) is 1. The van der Waals surface area contributed by atoms with Crippen molar-refractivity contribution in [1.82, 2.24) is 14.9 Å². The minimum absolute atomic E-state index is 0.0394. The molecule has 132 valence electrons. The van der Waals surface area contributed by atoms with Crippen molar-refractivity contribution in [3.8, 4) is 0 Å². The van der Waals surface area contributed by atoms with E-state index in [-0.39, 0.29) is 17.2 Å². The number of nitrogens with zero attached hydrogens (tertiary/aromatic N) is 3. The number of nitrogens with one attached hydrogen (secondary N) is 1. The molecule has 6 heteroatoms. The first-order chi connectivity index (χ1) is 11.9. The van der Waals surface area contributed by atoms with E-state index in [0.29, 0.717) is 5.82 Å². The molecule has 0 bridgehead atoms. The highest BCUT2D eigenvalue weighted by molar-refractivity contribution is 5.84. The van der Waals surface area contributed by atoms with E-state index in [9.17, 15) is 4.79 Å². The fourth-order valence-electron chi connectivity index (χ4n) is 3.40. The molecular weight excluding hydrogens is 316 g/mol. The van der Waals surface area contributed by atoms with E-state index in [0.717, 1.165) is 26.1 Å². The lowest BCUT2D eigenvalue weighted by atomic mass is 9.79. The van der Waals surface area contributed by atoms with Gasteiger partial charge in [-0.2, -0.15) is 0 Å². The Balaban J connectivity index is 1.61. The molecule has 2 aromatic rings. The number of benzene rings is 1. The third kappa shape index (κ3) is 4.33. The Labute approximate surface area is 147 Å². The highest BCUT2D eigenvalue weighted by atomic mass is 16.4. The summed E-state index contributed by atoms with van der Waals surface area (Å²) in [6.07, 6.45) is 3.79. The molecule has 0 radical (unpaired) electrons. The molecule has 1 atom stereocenters. The Kier molecular flexibility index (Phi) is 4.99. The third-order valence-corrected chi connectivity index (χ3v) is 4.75. The van der Waals surface area contributed by atoms with Crippen LogP contribution in [0.15, 0.2) is 42.7 Å². The van der Waals surface area contributed by atoms with Crippen LogP contribution in [-0.2, 0) is 6.54 Å². The van der Waals surface area contributed by atoms with Gasteiger partial charge in [-0.3, -0.25) is 4.90 Å². The zero-order valence-electron chi connectivity index (χ0n) is 14.6. The van der Waals surface area contributed by atoms with Gasteiger partial charge in [0.25, 0.3) is 0 Å². The van der Waals surface area contributed by atoms with Crippen LogP contribution in [0.5, 0.6) is 0 Å². The van der Waals surface area contributed by atoms with Crippen molar-refractivity contribution in [2.24, 2.45) is 5.41 Å². The molecule has 1 aromatic carbocycles. The predicted octanol–water partition coefficient (Wildman–Crippen LogP) is 2.89. The molecule has 1 aromatic heterocycles. The van der Waals surface area contributed by atoms with Gasteiger partial charge in [-0.15, -0.1) is 0 Å². The summed E-state index contributed by atoms with van der Waals surface area (Å²) in [5.74, 6) is -0.437. The smallest absolute Gasteiger partial charge is 0.356 e. The minimum Gasteiger partial charge on any atom is -0.476 e. The van der Waals surface area contributed by atoms with Crippen LogP contribution in [0.2, 0.25) is 0 Å². The Morgan fingerprint density at radius 3 is 2.64 bits per heavy atom. The van der Waals surface area contributed by atoms with Crippen molar-refractivity contribution in [3.63, 3.8) is 0 Å². The number of hydrogen-bond donors (Lipinski definition) is 2. The van der Waals surface area contributed by atoms with Crippen molar-refractivity contribution >= 4 is 11.8 Å². The monoisotopic (exact) mass is 340 g/mol. The van der Waals surface area contributed by atoms with E-state index < -0.39 is 5.97 Å². The van der Waals surface area contributed by atoms with Crippen LogP contribution >= 0.6 is 0 Å². The first-order valence-corrected chi connectivity index (χ1v) is 8.52. The van der Waals surface area contributed by atoms with Crippen LogP contribution in [0.3, 0.4) is 0 Å². The van der Waals surface area contributed by atoms with E-state index >= 15 is 0 Å². The van der Waals surface area contributed by atoms with Gasteiger partial charge >= 0.3 is 5.97 Å². The second-order valence-electron chi connectivity index (χ2n) is 7.26. The molecule has 1 fully saturated rings. The molecule has 2 heterocycles. The maximum absolute atomic E-state index is 10.9. The zero-order valence-corrected chi connectivity index (χ0v) is 14.6. The van der Waals surface area contributed by atoms with Gasteiger partial charge in [-0.05, 0) is 17.4 Å². The molecule has 0 spiro atoms. The first-order valence-electron chi connectivity index (χ1n) is 8.52. The number of carboxylic acid groups (broad SMARTS) is 1. The fourth-order valence-corrected chi connectivity index (χ4v) is 3.40. The molecular formula is C19H24N4O2. The van der Waals surface area contributed by atoms with E-state index in [1.54, 1.807) is 0 Å². The number of hydrogen-bond acceptors (Lipinski definition) is 5. The van der Waals surface area contributed by atoms with Crippen LogP contribution in [0, 0.1) is 5.41 Å². The predicted molar refractivity (Wildman–Crippen MR) is 96.5 cm³/mol. The molecule has 1 aliphatic rings. The van der Waals surface area contributed by atoms with Crippen LogP contribution in [0.4, 0.5) is 5.82 Å². The molecule has 1 aliphatic heterocycles. The molecule has 0 saturated carbocycles. The molecule has 1 unspecified atom stereocenters. The number of aromatic carboxylic acids is 1. The summed E-state index contributed by atoms with van der Waals surface area (Å²) in [4.78, 5) is 21.4. The van der Waals surface area contributed by atoms with Crippen molar-refractivity contribution in [2.45, 2.75) is 32.9 Å². The van der Waals surface area contributed by atoms with Gasteiger partial charge in [0.05, 0.1) is 12.4 Å². The lowest BCUT2D eigenvalue weighted by Gasteiger charge is -2.44. The normalized spacial score (nSPS) is 20.2. The Morgan fingerprint density at radius 2 is 2.04 bits per heavy atom. The molecule has 6 nitrogen and oxygen atoms in total. The second-order valence-corrected chi connectivity index (χ2v) is 7.26. The molecule has 0 aliphatic carbocycles. The van der Waals surface area contributed by atoms with Crippen molar-refractivity contribution in [2.75, 3.05) is 18.4 Å². The lowest BCUT2D eigenvalue weighted by Crippen LogP contribution is -2.51. The number of rotatable bonds is 5. The van der Waals surface area contributed by atoms with Gasteiger partial charge in [0.1, 0.15) is 5.82 Å². The van der Waals surface area contributed by atoms with Crippen molar-refractivity contribution in [3.05, 3.63) is 54.0 Å². The largest absolute Gasteiger partial charge is 0.476 e. The number of carboxylic acids is 1. The van der Waals surface area contributed by atoms with Gasteiger partial charge in [0, 0.05) is 25.7 Å². The fraction of sp³-hybridized carbons (Fsp3) is 0.421. The molecule has 3 rings (SSSR count). The summed E-state index contributed by atoms with van der Waals surface area (Å²) >= 11 is 0. The quantitative estimate of drug-likeness (QED) is 0.871. The molecule has 2 N–H and O–H groups in total. The maximum Gasteiger partial charge on any atom is 0.356 e. The topological polar surface area (TPSA) is 78.4 Å². The lowest BCUT2D eigenvalue weighted by molar-refractivity contribution is 0.0690.